The third kappa shape index (κ3) is 15.1. The topological polar surface area (TPSA) is 232 Å². The van der Waals surface area contributed by atoms with Crippen molar-refractivity contribution in [1.29, 1.82) is 0 Å². The molecule has 2 aliphatic heterocycles. The summed E-state index contributed by atoms with van der Waals surface area (Å²) in [6.45, 7) is 10.1. The van der Waals surface area contributed by atoms with Crippen molar-refractivity contribution in [2.24, 2.45) is 0 Å². The Balaban J connectivity index is 0. The van der Waals surface area contributed by atoms with Gasteiger partial charge < -0.3 is 18.9 Å². The minimum atomic E-state index is -0.890. The van der Waals surface area contributed by atoms with Crippen LogP contribution in [0.4, 0.5) is 16.2 Å². The highest BCUT2D eigenvalue weighted by molar-refractivity contribution is 6.68. The number of hydrogen-bond acceptors (Lipinski definition) is 14. The fourth-order valence-electron chi connectivity index (χ4n) is 4.94. The summed E-state index contributed by atoms with van der Waals surface area (Å²) in [5.74, 6) is -1.24. The highest BCUT2D eigenvalue weighted by Crippen LogP contribution is 2.27. The molecule has 19 heteroatoms. The highest BCUT2D eigenvalue weighted by Gasteiger charge is 2.38. The molecule has 2 atom stereocenters. The Bertz CT molecular complexity index is 1880. The number of ether oxygens (including phenoxy) is 4. The quantitative estimate of drug-likeness (QED) is 0.100. The molecule has 0 bridgehead atoms. The van der Waals surface area contributed by atoms with Crippen LogP contribution < -0.4 is 0 Å². The summed E-state index contributed by atoms with van der Waals surface area (Å²) in [5.41, 5.74) is 3.37. The van der Waals surface area contributed by atoms with Crippen LogP contribution in [0.5, 0.6) is 0 Å². The molecule has 318 valence electrons. The van der Waals surface area contributed by atoms with E-state index in [-0.39, 0.29) is 76.4 Å². The lowest BCUT2D eigenvalue weighted by Crippen LogP contribution is -2.42. The number of nitro groups is 2. The van der Waals surface area contributed by atoms with Crippen LogP contribution in [0.25, 0.3) is 0 Å². The van der Waals surface area contributed by atoms with Crippen molar-refractivity contribution < 1.29 is 57.6 Å². The van der Waals surface area contributed by atoms with Gasteiger partial charge in [-0.15, -0.1) is 0 Å². The van der Waals surface area contributed by atoms with Crippen LogP contribution in [0, 0.1) is 47.9 Å². The zero-order valence-electron chi connectivity index (χ0n) is 30.8. The summed E-state index contributed by atoms with van der Waals surface area (Å²) in [6.07, 6.45) is -0.0612. The van der Waals surface area contributed by atoms with Crippen molar-refractivity contribution in [3.63, 3.8) is 0 Å². The van der Waals surface area contributed by atoms with E-state index in [4.69, 9.17) is 35.4 Å². The largest absolute Gasteiger partial charge is 0.467 e. The van der Waals surface area contributed by atoms with Gasteiger partial charge in [-0.25, -0.2) is 9.59 Å². The number of carbonyl (C=O) groups is 4. The molecule has 0 spiro atoms. The van der Waals surface area contributed by atoms with E-state index in [9.17, 15) is 39.4 Å². The maximum atomic E-state index is 12.6. The van der Waals surface area contributed by atoms with Crippen molar-refractivity contribution in [2.45, 2.75) is 75.6 Å². The molecule has 2 fully saturated rings. The third-order valence-corrected chi connectivity index (χ3v) is 8.44. The van der Waals surface area contributed by atoms with Gasteiger partial charge in [-0.2, -0.15) is 9.59 Å². The van der Waals surface area contributed by atoms with Crippen LogP contribution in [0.2, 0.25) is 0 Å². The number of nitrogens with zero attached hydrogens (tertiary/aromatic N) is 4. The molecule has 5 rings (SSSR count). The van der Waals surface area contributed by atoms with Crippen molar-refractivity contribution in [1.82, 2.24) is 9.80 Å². The SMILES string of the molecule is C.C.C.COC(=O)[C@@H]1COCN1C(=O)c1cc(C)c(C)cc1[N+](=O)[O-].C[C@@H]1COCN1C(=O)OCc1ccccc1.Cc1cc(C(=O)Cl)c([N+](=O)[O-])cc1C.O=C=O. The van der Waals surface area contributed by atoms with Gasteiger partial charge in [0.2, 0.25) is 0 Å². The standard InChI is InChI=1S/C14H16N2O6.C12H15NO3.C9H8ClNO3.CO2.3CH4/c1-8-4-10(11(16(19)20)5-9(8)2)13(17)15-7-22-6-12(15)14(18)21-3;1-10-7-15-9-13(10)12(14)16-8-11-5-3-2-4-6-11;1-5-3-7(9(10)12)8(11(13)14)4-6(5)2;2-1-3;;;/h4-5,12H,6-7H2,1-3H3;2-6,10H,7-9H2,1H3;3-4H,1-2H3;;3*1H4/t12-;10-;;;;;/m01...../s1. The fraction of sp³-hybridized carbons (Fsp3) is 0.410. The molecule has 0 radical (unpaired) electrons. The Hall–Kier alpha value is -6.07. The Morgan fingerprint density at radius 3 is 1.69 bits per heavy atom. The van der Waals surface area contributed by atoms with E-state index in [0.717, 1.165) is 27.2 Å². The normalized spacial score (nSPS) is 14.6. The van der Waals surface area contributed by atoms with Gasteiger partial charge in [0.1, 0.15) is 31.2 Å². The number of esters is 1. The molecular weight excluding hydrogens is 784 g/mol. The molecule has 3 aromatic rings. The summed E-state index contributed by atoms with van der Waals surface area (Å²) in [4.78, 5) is 86.4. The van der Waals surface area contributed by atoms with Crippen LogP contribution in [0.3, 0.4) is 0 Å². The summed E-state index contributed by atoms with van der Waals surface area (Å²) in [7, 11) is 1.21. The smallest absolute Gasteiger partial charge is 0.412 e. The van der Waals surface area contributed by atoms with Gasteiger partial charge in [-0.05, 0) is 86.2 Å². The van der Waals surface area contributed by atoms with E-state index in [1.807, 2.05) is 37.3 Å². The van der Waals surface area contributed by atoms with E-state index >= 15 is 0 Å². The van der Waals surface area contributed by atoms with Crippen LogP contribution in [0.15, 0.2) is 54.6 Å². The zero-order valence-corrected chi connectivity index (χ0v) is 31.5. The predicted octanol–water partition coefficient (Wildman–Crippen LogP) is 7.10. The average molecular weight is 835 g/mol. The number of rotatable bonds is 7. The number of carbonyl (C=O) groups excluding carboxylic acids is 6. The Morgan fingerprint density at radius 1 is 0.793 bits per heavy atom. The molecule has 0 N–H and O–H groups in total. The molecule has 2 aliphatic rings. The number of aryl methyl sites for hydroxylation is 4. The molecule has 3 aromatic carbocycles. The number of benzene rings is 3. The predicted molar refractivity (Wildman–Crippen MR) is 212 cm³/mol. The molecule has 2 saturated heterocycles. The second-order valence-corrected chi connectivity index (χ2v) is 12.3. The number of nitro benzene ring substituents is 2. The van der Waals surface area contributed by atoms with Crippen LogP contribution in [-0.4, -0.2) is 94.9 Å². The maximum absolute atomic E-state index is 12.6. The van der Waals surface area contributed by atoms with Crippen molar-refractivity contribution in [3.05, 3.63) is 114 Å². The van der Waals surface area contributed by atoms with E-state index in [2.05, 4.69) is 4.74 Å². The first-order chi connectivity index (χ1) is 26.0. The molecule has 58 heavy (non-hydrogen) atoms. The lowest BCUT2D eigenvalue weighted by molar-refractivity contribution is -0.385. The number of halogens is 1. The minimum absolute atomic E-state index is 0. The monoisotopic (exact) mass is 834 g/mol. The summed E-state index contributed by atoms with van der Waals surface area (Å²) in [6, 6.07) is 14.4. The number of hydrogen-bond donors (Lipinski definition) is 0. The summed E-state index contributed by atoms with van der Waals surface area (Å²) >= 11 is 5.23. The molecule has 0 aliphatic carbocycles. The Morgan fingerprint density at radius 2 is 1.24 bits per heavy atom. The molecule has 2 amide bonds. The van der Waals surface area contributed by atoms with Gasteiger partial charge in [0.25, 0.3) is 22.5 Å². The minimum Gasteiger partial charge on any atom is -0.467 e. The second kappa shape index (κ2) is 26.0. The van der Waals surface area contributed by atoms with Crippen molar-refractivity contribution in [2.75, 3.05) is 33.8 Å². The average Bonchev–Trinajstić information content (AvgIpc) is 3.82. The van der Waals surface area contributed by atoms with Crippen molar-refractivity contribution >= 4 is 52.3 Å². The molecular formula is C39H51ClN4O14. The lowest BCUT2D eigenvalue weighted by atomic mass is 10.0. The van der Waals surface area contributed by atoms with E-state index in [0.29, 0.717) is 25.5 Å². The van der Waals surface area contributed by atoms with E-state index in [1.165, 1.54) is 31.4 Å². The molecule has 18 nitrogen and oxygen atoms in total. The van der Waals surface area contributed by atoms with Crippen LogP contribution in [-0.2, 0) is 39.9 Å². The first-order valence-electron chi connectivity index (χ1n) is 16.2. The zero-order chi connectivity index (χ0) is 41.4. The van der Waals surface area contributed by atoms with Crippen LogP contribution >= 0.6 is 11.6 Å². The van der Waals surface area contributed by atoms with Gasteiger partial charge in [-0.3, -0.25) is 39.6 Å². The maximum Gasteiger partial charge on any atom is 0.412 e. The molecule has 0 saturated carbocycles. The van der Waals surface area contributed by atoms with Gasteiger partial charge in [0, 0.05) is 12.1 Å². The van der Waals surface area contributed by atoms with Crippen LogP contribution in [0.1, 0.15) is 77.7 Å². The third-order valence-electron chi connectivity index (χ3n) is 8.24. The fourth-order valence-corrected chi connectivity index (χ4v) is 5.09. The number of methoxy groups -OCH3 is 1. The van der Waals surface area contributed by atoms with Gasteiger partial charge in [-0.1, -0.05) is 52.6 Å². The van der Waals surface area contributed by atoms with E-state index < -0.39 is 33.0 Å². The molecule has 2 heterocycles. The molecule has 0 unspecified atom stereocenters. The summed E-state index contributed by atoms with van der Waals surface area (Å²) in [5, 5.41) is 21.0. The van der Waals surface area contributed by atoms with Gasteiger partial charge >= 0.3 is 18.2 Å². The number of amides is 2. The van der Waals surface area contributed by atoms with Gasteiger partial charge in [0.15, 0.2) is 6.04 Å². The molecule has 0 aromatic heterocycles. The Kier molecular flexibility index (Phi) is 24.2. The van der Waals surface area contributed by atoms with Crippen molar-refractivity contribution in [3.8, 4) is 0 Å². The lowest BCUT2D eigenvalue weighted by Gasteiger charge is -2.20. The second-order valence-electron chi connectivity index (χ2n) is 12.0. The Labute approximate surface area is 342 Å². The highest BCUT2D eigenvalue weighted by atomic mass is 35.5. The summed E-state index contributed by atoms with van der Waals surface area (Å²) < 4.78 is 20.1. The van der Waals surface area contributed by atoms with E-state index in [1.54, 1.807) is 32.6 Å². The van der Waals surface area contributed by atoms with Gasteiger partial charge in [0.05, 0.1) is 36.2 Å². The first kappa shape index (κ1) is 54.0. The first-order valence-corrected chi connectivity index (χ1v) is 16.6.